The van der Waals surface area contributed by atoms with Gasteiger partial charge in [-0.2, -0.15) is 10.2 Å². The van der Waals surface area contributed by atoms with E-state index in [0.29, 0.717) is 33.9 Å². The van der Waals surface area contributed by atoms with E-state index in [1.807, 2.05) is 29.1 Å². The highest BCUT2D eigenvalue weighted by Crippen LogP contribution is 2.32. The standard InChI is InChI=1S/C29H26FN9O2/c1-37-17-19(16-31-37)29(40)35-24-8-5-9-25(34-24)38-23-7-4-6-21(30)27(23)28(36-38)33-20-11-12-22-18(14-20)15-32-39(22)26-10-2-3-13-41-26/h4-9,11-12,14-17,26H,2-3,10,13H2,1H3,(H,33,36)(H,34,35,40). The summed E-state index contributed by atoms with van der Waals surface area (Å²) in [5.41, 5.74) is 2.64. The van der Waals surface area contributed by atoms with Crippen molar-refractivity contribution in [1.29, 1.82) is 0 Å². The van der Waals surface area contributed by atoms with Crippen molar-refractivity contribution in [1.82, 2.24) is 34.3 Å². The van der Waals surface area contributed by atoms with E-state index in [0.717, 1.165) is 42.5 Å². The highest BCUT2D eigenvalue weighted by atomic mass is 19.1. The van der Waals surface area contributed by atoms with Gasteiger partial charge >= 0.3 is 0 Å². The van der Waals surface area contributed by atoms with Crippen molar-refractivity contribution in [3.05, 3.63) is 84.6 Å². The SMILES string of the molecule is Cn1cc(C(=O)Nc2cccc(-n3nc(Nc4ccc5c(cnn5C5CCCCO5)c4)c4c(F)cccc43)n2)cn1. The number of ether oxygens (including phenoxy) is 1. The molecule has 0 radical (unpaired) electrons. The second kappa shape index (κ2) is 10.1. The third-order valence-corrected chi connectivity index (χ3v) is 7.10. The maximum atomic E-state index is 15.2. The summed E-state index contributed by atoms with van der Waals surface area (Å²) in [5.74, 6) is 0.333. The minimum absolute atomic E-state index is 0.0637. The van der Waals surface area contributed by atoms with Crippen molar-refractivity contribution in [3.63, 3.8) is 0 Å². The number of benzene rings is 2. The van der Waals surface area contributed by atoms with E-state index >= 15 is 4.39 Å². The molecule has 5 heterocycles. The van der Waals surface area contributed by atoms with Crippen molar-refractivity contribution in [2.24, 2.45) is 7.05 Å². The minimum atomic E-state index is -0.416. The molecule has 4 aromatic heterocycles. The van der Waals surface area contributed by atoms with Crippen LogP contribution in [0, 0.1) is 5.82 Å². The third kappa shape index (κ3) is 4.67. The van der Waals surface area contributed by atoms with Crippen LogP contribution in [-0.2, 0) is 11.8 Å². The summed E-state index contributed by atoms with van der Waals surface area (Å²) in [7, 11) is 1.74. The first-order valence-corrected chi connectivity index (χ1v) is 13.3. The van der Waals surface area contributed by atoms with Gasteiger partial charge in [-0.15, -0.1) is 5.10 Å². The summed E-state index contributed by atoms with van der Waals surface area (Å²) in [5, 5.41) is 20.6. The lowest BCUT2D eigenvalue weighted by molar-refractivity contribution is -0.0366. The molecule has 1 aliphatic rings. The molecule has 0 saturated carbocycles. The summed E-state index contributed by atoms with van der Waals surface area (Å²) in [4.78, 5) is 17.2. The van der Waals surface area contributed by atoms with Gasteiger partial charge in [-0.1, -0.05) is 12.1 Å². The smallest absolute Gasteiger partial charge is 0.260 e. The summed E-state index contributed by atoms with van der Waals surface area (Å²) in [6.07, 6.45) is 7.96. The van der Waals surface area contributed by atoms with Crippen LogP contribution in [0.15, 0.2) is 73.2 Å². The minimum Gasteiger partial charge on any atom is -0.356 e. The predicted molar refractivity (Wildman–Crippen MR) is 152 cm³/mol. The third-order valence-electron chi connectivity index (χ3n) is 7.10. The molecule has 1 aliphatic heterocycles. The number of aromatic nitrogens is 7. The van der Waals surface area contributed by atoms with Gasteiger partial charge in [0.2, 0.25) is 0 Å². The van der Waals surface area contributed by atoms with Crippen LogP contribution in [0.1, 0.15) is 35.8 Å². The van der Waals surface area contributed by atoms with E-state index in [9.17, 15) is 4.79 Å². The Morgan fingerprint density at radius 2 is 1.95 bits per heavy atom. The Labute approximate surface area is 233 Å². The monoisotopic (exact) mass is 551 g/mol. The van der Waals surface area contributed by atoms with E-state index in [4.69, 9.17) is 9.84 Å². The molecule has 2 N–H and O–H groups in total. The number of amides is 1. The lowest BCUT2D eigenvalue weighted by Crippen LogP contribution is -2.18. The molecule has 0 aliphatic carbocycles. The zero-order valence-electron chi connectivity index (χ0n) is 22.2. The number of halogens is 1. The van der Waals surface area contributed by atoms with E-state index in [1.54, 1.807) is 52.9 Å². The molecular formula is C29H26FN9O2. The van der Waals surface area contributed by atoms with Crippen LogP contribution in [0.2, 0.25) is 0 Å². The molecule has 2 aromatic carbocycles. The fourth-order valence-electron chi connectivity index (χ4n) is 5.14. The van der Waals surface area contributed by atoms with Crippen LogP contribution in [0.25, 0.3) is 27.6 Å². The number of pyridine rings is 1. The van der Waals surface area contributed by atoms with Gasteiger partial charge in [0, 0.05) is 30.9 Å². The number of nitrogens with one attached hydrogen (secondary N) is 2. The largest absolute Gasteiger partial charge is 0.356 e. The Hall–Kier alpha value is -5.10. The summed E-state index contributed by atoms with van der Waals surface area (Å²) < 4.78 is 26.1. The molecule has 0 spiro atoms. The summed E-state index contributed by atoms with van der Waals surface area (Å²) in [6.45, 7) is 0.738. The van der Waals surface area contributed by atoms with Crippen LogP contribution in [-0.4, -0.2) is 46.8 Å². The van der Waals surface area contributed by atoms with Gasteiger partial charge in [-0.05, 0) is 61.7 Å². The first-order valence-electron chi connectivity index (χ1n) is 13.3. The van der Waals surface area contributed by atoms with Crippen molar-refractivity contribution in [2.75, 3.05) is 17.2 Å². The molecule has 1 fully saturated rings. The quantitative estimate of drug-likeness (QED) is 0.287. The number of anilines is 3. The molecule has 1 amide bonds. The average molecular weight is 552 g/mol. The molecule has 206 valence electrons. The first-order chi connectivity index (χ1) is 20.0. The number of aryl methyl sites for hydroxylation is 1. The Balaban J connectivity index is 1.21. The fourth-order valence-corrected chi connectivity index (χ4v) is 5.14. The lowest BCUT2D eigenvalue weighted by atomic mass is 10.2. The van der Waals surface area contributed by atoms with Crippen molar-refractivity contribution < 1.29 is 13.9 Å². The molecule has 0 bridgehead atoms. The molecule has 1 atom stereocenters. The number of hydrogen-bond acceptors (Lipinski definition) is 7. The number of fused-ring (bicyclic) bond motifs is 2. The van der Waals surface area contributed by atoms with Crippen LogP contribution in [0.5, 0.6) is 0 Å². The Kier molecular flexibility index (Phi) is 6.16. The second-order valence-corrected chi connectivity index (χ2v) is 9.94. The highest BCUT2D eigenvalue weighted by molar-refractivity contribution is 6.03. The molecule has 1 saturated heterocycles. The van der Waals surface area contributed by atoms with Gasteiger partial charge < -0.3 is 15.4 Å². The van der Waals surface area contributed by atoms with Gasteiger partial charge in [0.15, 0.2) is 17.9 Å². The molecule has 7 rings (SSSR count). The molecule has 41 heavy (non-hydrogen) atoms. The van der Waals surface area contributed by atoms with Crippen LogP contribution in [0.3, 0.4) is 0 Å². The van der Waals surface area contributed by atoms with Crippen LogP contribution in [0.4, 0.5) is 21.7 Å². The maximum Gasteiger partial charge on any atom is 0.260 e. The van der Waals surface area contributed by atoms with E-state index in [2.05, 4.69) is 25.8 Å². The number of nitrogens with zero attached hydrogens (tertiary/aromatic N) is 7. The lowest BCUT2D eigenvalue weighted by Gasteiger charge is -2.23. The number of carbonyl (C=O) groups excluding carboxylic acids is 1. The average Bonchev–Trinajstić information content (AvgIpc) is 3.71. The van der Waals surface area contributed by atoms with Crippen LogP contribution >= 0.6 is 0 Å². The number of rotatable bonds is 6. The highest BCUT2D eigenvalue weighted by Gasteiger charge is 2.20. The predicted octanol–water partition coefficient (Wildman–Crippen LogP) is 5.34. The Morgan fingerprint density at radius 1 is 1.05 bits per heavy atom. The van der Waals surface area contributed by atoms with Crippen molar-refractivity contribution >= 4 is 45.0 Å². The Morgan fingerprint density at radius 3 is 2.78 bits per heavy atom. The molecule has 6 aromatic rings. The molecule has 1 unspecified atom stereocenters. The zero-order chi connectivity index (χ0) is 27.9. The normalized spacial score (nSPS) is 15.4. The summed E-state index contributed by atoms with van der Waals surface area (Å²) in [6, 6.07) is 15.8. The molecular weight excluding hydrogens is 525 g/mol. The first kappa shape index (κ1) is 24.9. The molecule has 11 nitrogen and oxygen atoms in total. The van der Waals surface area contributed by atoms with Crippen molar-refractivity contribution in [3.8, 4) is 5.82 Å². The van der Waals surface area contributed by atoms with E-state index in [1.165, 1.54) is 12.3 Å². The van der Waals surface area contributed by atoms with Crippen molar-refractivity contribution in [2.45, 2.75) is 25.5 Å². The van der Waals surface area contributed by atoms with E-state index in [-0.39, 0.29) is 12.1 Å². The molecule has 12 heteroatoms. The van der Waals surface area contributed by atoms with Gasteiger partial charge in [0.1, 0.15) is 11.6 Å². The topological polar surface area (TPSA) is 117 Å². The summed E-state index contributed by atoms with van der Waals surface area (Å²) >= 11 is 0. The second-order valence-electron chi connectivity index (χ2n) is 9.94. The maximum absolute atomic E-state index is 15.2. The van der Waals surface area contributed by atoms with Gasteiger partial charge in [-0.3, -0.25) is 9.48 Å². The van der Waals surface area contributed by atoms with E-state index < -0.39 is 5.82 Å². The number of hydrogen-bond donors (Lipinski definition) is 2. The van der Waals surface area contributed by atoms with Gasteiger partial charge in [0.25, 0.3) is 5.91 Å². The Bertz CT molecular complexity index is 1900. The van der Waals surface area contributed by atoms with Gasteiger partial charge in [0.05, 0.1) is 34.4 Å². The van der Waals surface area contributed by atoms with Crippen LogP contribution < -0.4 is 10.6 Å². The fraction of sp³-hybridized carbons (Fsp3) is 0.207. The number of carbonyl (C=O) groups is 1. The zero-order valence-corrected chi connectivity index (χ0v) is 22.2. The van der Waals surface area contributed by atoms with Gasteiger partial charge in [-0.25, -0.2) is 18.7 Å².